The maximum Gasteiger partial charge on any atom is 0.262 e. The molecule has 2 aromatic carbocycles. The highest BCUT2D eigenvalue weighted by Crippen LogP contribution is 2.23. The van der Waals surface area contributed by atoms with Crippen molar-refractivity contribution < 1.29 is 9.53 Å². The van der Waals surface area contributed by atoms with Gasteiger partial charge in [-0.1, -0.05) is 67.8 Å². The van der Waals surface area contributed by atoms with Crippen LogP contribution in [0, 0.1) is 11.3 Å². The third kappa shape index (κ3) is 5.46. The monoisotopic (exact) mass is 360 g/mol. The van der Waals surface area contributed by atoms with E-state index in [9.17, 15) is 10.1 Å². The first kappa shape index (κ1) is 18.7. The number of amides is 1. The van der Waals surface area contributed by atoms with Gasteiger partial charge in [0.15, 0.2) is 0 Å². The number of carbonyl (C=O) groups excluding carboxylic acids is 1. The molecular formula is C23H24N2O2. The van der Waals surface area contributed by atoms with Crippen molar-refractivity contribution in [2.24, 2.45) is 0 Å². The molecule has 0 atom stereocenters. The van der Waals surface area contributed by atoms with Crippen molar-refractivity contribution >= 4 is 12.0 Å². The lowest BCUT2D eigenvalue weighted by molar-refractivity contribution is -0.117. The quantitative estimate of drug-likeness (QED) is 0.604. The van der Waals surface area contributed by atoms with Gasteiger partial charge < -0.3 is 10.1 Å². The van der Waals surface area contributed by atoms with Gasteiger partial charge in [-0.25, -0.2) is 0 Å². The molecule has 1 amide bonds. The minimum atomic E-state index is -0.303. The van der Waals surface area contributed by atoms with E-state index < -0.39 is 0 Å². The Morgan fingerprint density at radius 3 is 2.52 bits per heavy atom. The molecule has 4 heteroatoms. The highest BCUT2D eigenvalue weighted by atomic mass is 16.5. The van der Waals surface area contributed by atoms with Crippen molar-refractivity contribution in [1.82, 2.24) is 5.32 Å². The molecule has 1 saturated carbocycles. The molecule has 0 spiro atoms. The Morgan fingerprint density at radius 1 is 1.07 bits per heavy atom. The predicted molar refractivity (Wildman–Crippen MR) is 106 cm³/mol. The van der Waals surface area contributed by atoms with Crippen molar-refractivity contribution in [3.05, 3.63) is 71.3 Å². The SMILES string of the molecule is N#C/C(=C\c1ccccc1OCc1ccccc1)C(=O)NC1CCCCC1. The lowest BCUT2D eigenvalue weighted by Crippen LogP contribution is -2.36. The van der Waals surface area contributed by atoms with Crippen LogP contribution in [0.15, 0.2) is 60.2 Å². The first-order valence-electron chi connectivity index (χ1n) is 9.44. The molecular weight excluding hydrogens is 336 g/mol. The van der Waals surface area contributed by atoms with Crippen LogP contribution in [0.5, 0.6) is 5.75 Å². The van der Waals surface area contributed by atoms with Crippen LogP contribution in [-0.4, -0.2) is 11.9 Å². The largest absolute Gasteiger partial charge is 0.488 e. The van der Waals surface area contributed by atoms with E-state index in [0.29, 0.717) is 12.4 Å². The smallest absolute Gasteiger partial charge is 0.262 e. The normalized spacial score (nSPS) is 15.0. The molecule has 138 valence electrons. The predicted octanol–water partition coefficient (Wildman–Crippen LogP) is 4.62. The molecule has 1 aliphatic carbocycles. The van der Waals surface area contributed by atoms with E-state index >= 15 is 0 Å². The average molecular weight is 360 g/mol. The number of rotatable bonds is 6. The zero-order valence-electron chi connectivity index (χ0n) is 15.4. The first-order valence-corrected chi connectivity index (χ1v) is 9.44. The van der Waals surface area contributed by atoms with E-state index in [2.05, 4.69) is 5.32 Å². The molecule has 4 nitrogen and oxygen atoms in total. The molecule has 3 rings (SSSR count). The highest BCUT2D eigenvalue weighted by Gasteiger charge is 2.18. The van der Waals surface area contributed by atoms with Crippen LogP contribution in [0.25, 0.3) is 6.08 Å². The number of para-hydroxylation sites is 1. The molecule has 0 radical (unpaired) electrons. The molecule has 1 fully saturated rings. The minimum Gasteiger partial charge on any atom is -0.488 e. The van der Waals surface area contributed by atoms with Crippen molar-refractivity contribution in [1.29, 1.82) is 5.26 Å². The summed E-state index contributed by atoms with van der Waals surface area (Å²) in [6, 6.07) is 19.6. The Labute approximate surface area is 160 Å². The van der Waals surface area contributed by atoms with Crippen LogP contribution in [0.3, 0.4) is 0 Å². The fourth-order valence-electron chi connectivity index (χ4n) is 3.28. The van der Waals surface area contributed by atoms with Gasteiger partial charge in [0, 0.05) is 11.6 Å². The lowest BCUT2D eigenvalue weighted by Gasteiger charge is -2.22. The van der Waals surface area contributed by atoms with Gasteiger partial charge in [-0.15, -0.1) is 0 Å². The van der Waals surface area contributed by atoms with Gasteiger partial charge in [0.1, 0.15) is 24.0 Å². The Balaban J connectivity index is 1.71. The summed E-state index contributed by atoms with van der Waals surface area (Å²) in [6.07, 6.45) is 7.07. The van der Waals surface area contributed by atoms with Crippen LogP contribution >= 0.6 is 0 Å². The number of ether oxygens (including phenoxy) is 1. The maximum absolute atomic E-state index is 12.5. The van der Waals surface area contributed by atoms with Crippen LogP contribution in [0.4, 0.5) is 0 Å². The molecule has 27 heavy (non-hydrogen) atoms. The molecule has 0 saturated heterocycles. The summed E-state index contributed by atoms with van der Waals surface area (Å²) in [4.78, 5) is 12.5. The molecule has 0 unspecified atom stereocenters. The van der Waals surface area contributed by atoms with E-state index in [1.807, 2.05) is 60.7 Å². The molecule has 1 N–H and O–H groups in total. The molecule has 0 aliphatic heterocycles. The Morgan fingerprint density at radius 2 is 1.78 bits per heavy atom. The number of benzene rings is 2. The number of hydrogen-bond donors (Lipinski definition) is 1. The van der Waals surface area contributed by atoms with Gasteiger partial charge in [-0.3, -0.25) is 4.79 Å². The van der Waals surface area contributed by atoms with Crippen molar-refractivity contribution in [2.45, 2.75) is 44.8 Å². The third-order valence-electron chi connectivity index (χ3n) is 4.76. The van der Waals surface area contributed by atoms with Crippen LogP contribution < -0.4 is 10.1 Å². The van der Waals surface area contributed by atoms with E-state index in [4.69, 9.17) is 4.74 Å². The Bertz CT molecular complexity index is 831. The number of nitrogens with zero attached hydrogens (tertiary/aromatic N) is 1. The van der Waals surface area contributed by atoms with Gasteiger partial charge in [0.05, 0.1) is 0 Å². The summed E-state index contributed by atoms with van der Waals surface area (Å²) < 4.78 is 5.91. The summed E-state index contributed by atoms with van der Waals surface area (Å²) in [5.41, 5.74) is 1.90. The molecule has 0 aromatic heterocycles. The number of carbonyl (C=O) groups is 1. The summed E-state index contributed by atoms with van der Waals surface area (Å²) in [6.45, 7) is 0.432. The summed E-state index contributed by atoms with van der Waals surface area (Å²) in [5.74, 6) is 0.349. The van der Waals surface area contributed by atoms with Gasteiger partial charge in [0.2, 0.25) is 0 Å². The van der Waals surface area contributed by atoms with Crippen LogP contribution in [-0.2, 0) is 11.4 Å². The van der Waals surface area contributed by atoms with E-state index in [-0.39, 0.29) is 17.5 Å². The van der Waals surface area contributed by atoms with Crippen LogP contribution in [0.1, 0.15) is 43.2 Å². The summed E-state index contributed by atoms with van der Waals surface area (Å²) in [7, 11) is 0. The Hall–Kier alpha value is -3.06. The van der Waals surface area contributed by atoms with Gasteiger partial charge in [-0.2, -0.15) is 5.26 Å². The molecule has 1 aliphatic rings. The standard InChI is InChI=1S/C23H24N2O2/c24-16-20(23(26)25-21-12-5-2-6-13-21)15-19-11-7-8-14-22(19)27-17-18-9-3-1-4-10-18/h1,3-4,7-11,14-15,21H,2,5-6,12-13,17H2,(H,25,26)/b20-15+. The number of nitriles is 1. The van der Waals surface area contributed by atoms with E-state index in [1.165, 1.54) is 6.42 Å². The second-order valence-electron chi connectivity index (χ2n) is 6.79. The fourth-order valence-corrected chi connectivity index (χ4v) is 3.28. The topological polar surface area (TPSA) is 62.1 Å². The number of nitrogens with one attached hydrogen (secondary N) is 1. The zero-order chi connectivity index (χ0) is 18.9. The van der Waals surface area contributed by atoms with Crippen LogP contribution in [0.2, 0.25) is 0 Å². The fraction of sp³-hybridized carbons (Fsp3) is 0.304. The van der Waals surface area contributed by atoms with Crippen molar-refractivity contribution in [3.8, 4) is 11.8 Å². The summed E-state index contributed by atoms with van der Waals surface area (Å²) >= 11 is 0. The zero-order valence-corrected chi connectivity index (χ0v) is 15.4. The second-order valence-corrected chi connectivity index (χ2v) is 6.79. The maximum atomic E-state index is 12.5. The molecule has 0 bridgehead atoms. The number of hydrogen-bond acceptors (Lipinski definition) is 3. The minimum absolute atomic E-state index is 0.108. The van der Waals surface area contributed by atoms with Gasteiger partial charge in [-0.05, 0) is 30.5 Å². The lowest BCUT2D eigenvalue weighted by atomic mass is 9.95. The van der Waals surface area contributed by atoms with E-state index in [0.717, 1.165) is 36.8 Å². The molecule has 0 heterocycles. The van der Waals surface area contributed by atoms with Gasteiger partial charge >= 0.3 is 0 Å². The summed E-state index contributed by atoms with van der Waals surface area (Å²) in [5, 5.41) is 12.5. The van der Waals surface area contributed by atoms with Crippen molar-refractivity contribution in [2.75, 3.05) is 0 Å². The highest BCUT2D eigenvalue weighted by molar-refractivity contribution is 6.02. The average Bonchev–Trinajstić information content (AvgIpc) is 2.72. The van der Waals surface area contributed by atoms with Gasteiger partial charge in [0.25, 0.3) is 5.91 Å². The molecule has 2 aromatic rings. The second kappa shape index (κ2) is 9.59. The van der Waals surface area contributed by atoms with E-state index in [1.54, 1.807) is 6.08 Å². The van der Waals surface area contributed by atoms with Crippen molar-refractivity contribution in [3.63, 3.8) is 0 Å². The first-order chi connectivity index (χ1) is 13.3. The third-order valence-corrected chi connectivity index (χ3v) is 4.76. The Kier molecular flexibility index (Phi) is 6.65.